The molecule has 1 nitrogen and oxygen atoms in total. The van der Waals surface area contributed by atoms with Crippen molar-refractivity contribution in [2.24, 2.45) is 22.7 Å². The molecule has 3 fully saturated rings. The van der Waals surface area contributed by atoms with Gasteiger partial charge >= 0.3 is 0 Å². The van der Waals surface area contributed by atoms with Crippen LogP contribution in [0.3, 0.4) is 0 Å². The molecular weight excluding hydrogens is 124 g/mol. The normalized spacial score (nSPS) is 76.5. The van der Waals surface area contributed by atoms with Crippen LogP contribution in [0, 0.1) is 22.7 Å². The summed E-state index contributed by atoms with van der Waals surface area (Å²) in [4.78, 5) is 0. The zero-order valence-corrected chi connectivity index (χ0v) is 6.59. The lowest BCUT2D eigenvalue weighted by Gasteiger charge is -2.46. The molecule has 5 unspecified atom stereocenters. The lowest BCUT2D eigenvalue weighted by Crippen LogP contribution is -2.44. The van der Waals surface area contributed by atoms with E-state index in [2.05, 4.69) is 13.8 Å². The molecule has 1 N–H and O–H groups in total. The van der Waals surface area contributed by atoms with Gasteiger partial charge in [-0.2, -0.15) is 0 Å². The van der Waals surface area contributed by atoms with E-state index in [0.717, 1.165) is 18.3 Å². The van der Waals surface area contributed by atoms with E-state index in [1.165, 1.54) is 6.42 Å². The maximum absolute atomic E-state index is 9.61. The molecule has 3 aliphatic rings. The average molecular weight is 138 g/mol. The smallest absolute Gasteiger partial charge is 0.0599 e. The summed E-state index contributed by atoms with van der Waals surface area (Å²) in [5, 5.41) is 9.61. The van der Waals surface area contributed by atoms with Gasteiger partial charge in [0.15, 0.2) is 0 Å². The number of hydrogen-bond acceptors (Lipinski definition) is 1. The third kappa shape index (κ3) is 0.298. The van der Waals surface area contributed by atoms with Crippen molar-refractivity contribution < 1.29 is 5.11 Å². The first-order valence-corrected chi connectivity index (χ1v) is 4.27. The largest absolute Gasteiger partial charge is 0.393 e. The van der Waals surface area contributed by atoms with Crippen molar-refractivity contribution in [3.63, 3.8) is 0 Å². The van der Waals surface area contributed by atoms with Crippen molar-refractivity contribution in [2.75, 3.05) is 0 Å². The molecule has 0 heterocycles. The second-order valence-corrected chi connectivity index (χ2v) is 5.02. The van der Waals surface area contributed by atoms with Crippen molar-refractivity contribution >= 4 is 0 Å². The van der Waals surface area contributed by atoms with E-state index >= 15 is 0 Å². The molecule has 0 bridgehead atoms. The zero-order valence-electron chi connectivity index (χ0n) is 6.59. The highest BCUT2D eigenvalue weighted by molar-refractivity contribution is 5.31. The van der Waals surface area contributed by atoms with Crippen molar-refractivity contribution in [1.82, 2.24) is 0 Å². The molecule has 0 aliphatic heterocycles. The van der Waals surface area contributed by atoms with Crippen molar-refractivity contribution in [3.8, 4) is 0 Å². The Morgan fingerprint density at radius 1 is 1.30 bits per heavy atom. The Hall–Kier alpha value is -0.0400. The minimum atomic E-state index is 0.0318. The first-order valence-electron chi connectivity index (χ1n) is 4.27. The molecule has 3 aliphatic carbocycles. The summed E-state index contributed by atoms with van der Waals surface area (Å²) in [6.07, 6.45) is 2.41. The van der Waals surface area contributed by atoms with Crippen molar-refractivity contribution in [3.05, 3.63) is 0 Å². The van der Waals surface area contributed by atoms with Crippen LogP contribution in [0.15, 0.2) is 0 Å². The van der Waals surface area contributed by atoms with Gasteiger partial charge in [-0.1, -0.05) is 13.8 Å². The monoisotopic (exact) mass is 138 g/mol. The Morgan fingerprint density at radius 3 is 2.30 bits per heavy atom. The van der Waals surface area contributed by atoms with Crippen LogP contribution in [-0.4, -0.2) is 11.2 Å². The molecule has 3 rings (SSSR count). The fourth-order valence-corrected chi connectivity index (χ4v) is 4.15. The summed E-state index contributed by atoms with van der Waals surface area (Å²) in [7, 11) is 0. The van der Waals surface area contributed by atoms with Gasteiger partial charge in [0.2, 0.25) is 0 Å². The summed E-state index contributed by atoms with van der Waals surface area (Å²) >= 11 is 0. The maximum Gasteiger partial charge on any atom is 0.0599 e. The van der Waals surface area contributed by atoms with Gasteiger partial charge in [-0.15, -0.1) is 0 Å². The Kier molecular flexibility index (Phi) is 0.602. The molecule has 5 atom stereocenters. The minimum absolute atomic E-state index is 0.0318. The van der Waals surface area contributed by atoms with Crippen LogP contribution in [0.5, 0.6) is 0 Å². The highest BCUT2D eigenvalue weighted by Gasteiger charge is 2.82. The van der Waals surface area contributed by atoms with Crippen LogP contribution in [0.4, 0.5) is 0 Å². The first kappa shape index (κ1) is 5.59. The van der Waals surface area contributed by atoms with Gasteiger partial charge in [-0.3, -0.25) is 0 Å². The number of fused-ring (bicyclic) bond motifs is 1. The lowest BCUT2D eigenvalue weighted by atomic mass is 9.60. The van der Waals surface area contributed by atoms with Crippen molar-refractivity contribution in [2.45, 2.75) is 32.8 Å². The molecule has 0 radical (unpaired) electrons. The summed E-state index contributed by atoms with van der Waals surface area (Å²) in [6.45, 7) is 4.65. The van der Waals surface area contributed by atoms with Crippen LogP contribution in [0.25, 0.3) is 0 Å². The van der Waals surface area contributed by atoms with E-state index in [9.17, 15) is 5.11 Å². The molecule has 0 aromatic rings. The summed E-state index contributed by atoms with van der Waals surface area (Å²) in [5.74, 6) is 1.79. The predicted molar refractivity (Wildman–Crippen MR) is 38.4 cm³/mol. The van der Waals surface area contributed by atoms with Gasteiger partial charge in [0.25, 0.3) is 0 Å². The number of hydrogen-bond donors (Lipinski definition) is 1. The second kappa shape index (κ2) is 1.08. The highest BCUT2D eigenvalue weighted by Crippen LogP contribution is 2.86. The molecule has 0 aromatic heterocycles. The third-order valence-electron chi connectivity index (χ3n) is 4.56. The minimum Gasteiger partial charge on any atom is -0.393 e. The SMILES string of the molecule is CC12CC3(C)C(CC1O)C23. The second-order valence-electron chi connectivity index (χ2n) is 5.02. The third-order valence-corrected chi connectivity index (χ3v) is 4.56. The molecule has 3 saturated carbocycles. The van der Waals surface area contributed by atoms with E-state index in [-0.39, 0.29) is 6.10 Å². The van der Waals surface area contributed by atoms with E-state index < -0.39 is 0 Å². The predicted octanol–water partition coefficient (Wildman–Crippen LogP) is 1.41. The average Bonchev–Trinajstić information content (AvgIpc) is 2.17. The maximum atomic E-state index is 9.61. The number of rotatable bonds is 0. The molecule has 0 spiro atoms. The fraction of sp³-hybridized carbons (Fsp3) is 1.00. The Balaban J connectivity index is 2.02. The summed E-state index contributed by atoms with van der Waals surface area (Å²) in [6, 6.07) is 0. The van der Waals surface area contributed by atoms with Crippen LogP contribution >= 0.6 is 0 Å². The molecule has 1 heteroatoms. The standard InChI is InChI=1S/C9H14O/c1-8-4-9(2)6(10)3-5(8)7(8)9/h5-7,10H,3-4H2,1-2H3. The molecule has 0 aromatic carbocycles. The zero-order chi connectivity index (χ0) is 7.15. The highest BCUT2D eigenvalue weighted by atomic mass is 16.3. The molecule has 0 amide bonds. The molecule has 56 valence electrons. The Morgan fingerprint density at radius 2 is 2.00 bits per heavy atom. The van der Waals surface area contributed by atoms with E-state index in [1.807, 2.05) is 0 Å². The van der Waals surface area contributed by atoms with Gasteiger partial charge in [0, 0.05) is 0 Å². The van der Waals surface area contributed by atoms with Crippen LogP contribution < -0.4 is 0 Å². The first-order chi connectivity index (χ1) is 4.59. The van der Waals surface area contributed by atoms with Gasteiger partial charge in [0.05, 0.1) is 6.10 Å². The lowest BCUT2D eigenvalue weighted by molar-refractivity contribution is -0.0607. The van der Waals surface area contributed by atoms with Gasteiger partial charge < -0.3 is 5.11 Å². The van der Waals surface area contributed by atoms with Crippen LogP contribution in [0.1, 0.15) is 26.7 Å². The molecular formula is C9H14O. The van der Waals surface area contributed by atoms with Crippen LogP contribution in [-0.2, 0) is 0 Å². The number of aliphatic hydroxyl groups excluding tert-OH is 1. The van der Waals surface area contributed by atoms with Gasteiger partial charge in [-0.05, 0) is 35.5 Å². The molecule has 10 heavy (non-hydrogen) atoms. The topological polar surface area (TPSA) is 20.2 Å². The fourth-order valence-electron chi connectivity index (χ4n) is 4.15. The number of aliphatic hydroxyl groups is 1. The van der Waals surface area contributed by atoms with E-state index in [1.54, 1.807) is 0 Å². The van der Waals surface area contributed by atoms with Gasteiger partial charge in [0.1, 0.15) is 0 Å². The quantitative estimate of drug-likeness (QED) is 0.536. The van der Waals surface area contributed by atoms with Crippen molar-refractivity contribution in [1.29, 1.82) is 0 Å². The van der Waals surface area contributed by atoms with Crippen LogP contribution in [0.2, 0.25) is 0 Å². The van der Waals surface area contributed by atoms with Gasteiger partial charge in [-0.25, -0.2) is 0 Å². The van der Waals surface area contributed by atoms with E-state index in [4.69, 9.17) is 0 Å². The van der Waals surface area contributed by atoms with E-state index in [0.29, 0.717) is 10.8 Å². The Labute approximate surface area is 61.4 Å². The summed E-state index contributed by atoms with van der Waals surface area (Å²) < 4.78 is 0. The summed E-state index contributed by atoms with van der Waals surface area (Å²) in [5.41, 5.74) is 1.04. The molecule has 0 saturated heterocycles. The Bertz CT molecular complexity index is 213.